The molecule has 1 amide bonds. The van der Waals surface area contributed by atoms with Gasteiger partial charge in [0, 0.05) is 19.2 Å². The number of carbonyl (C=O) groups is 1. The predicted molar refractivity (Wildman–Crippen MR) is 106 cm³/mol. The van der Waals surface area contributed by atoms with E-state index in [1.54, 1.807) is 32.2 Å². The van der Waals surface area contributed by atoms with E-state index >= 15 is 0 Å². The third-order valence-corrected chi connectivity index (χ3v) is 4.17. The van der Waals surface area contributed by atoms with Gasteiger partial charge in [-0.2, -0.15) is 0 Å². The van der Waals surface area contributed by atoms with Gasteiger partial charge in [0.1, 0.15) is 6.61 Å². The zero-order valence-corrected chi connectivity index (χ0v) is 16.6. The molecule has 0 spiro atoms. The number of methoxy groups -OCH3 is 2. The second-order valence-electron chi connectivity index (χ2n) is 6.20. The molecule has 0 aliphatic carbocycles. The number of nitro groups is 2. The zero-order chi connectivity index (χ0) is 22.3. The van der Waals surface area contributed by atoms with Crippen LogP contribution in [0.25, 0.3) is 0 Å². The van der Waals surface area contributed by atoms with Crippen molar-refractivity contribution in [1.29, 1.82) is 0 Å². The van der Waals surface area contributed by atoms with Crippen molar-refractivity contribution in [3.05, 3.63) is 67.8 Å². The summed E-state index contributed by atoms with van der Waals surface area (Å²) in [6.45, 7) is 2.45. The summed E-state index contributed by atoms with van der Waals surface area (Å²) < 4.78 is 15.8. The number of benzene rings is 2. The molecule has 30 heavy (non-hydrogen) atoms. The lowest BCUT2D eigenvalue weighted by Crippen LogP contribution is -2.26. The summed E-state index contributed by atoms with van der Waals surface area (Å²) in [7, 11) is 3.04. The molecular formula is C19H21N3O8. The van der Waals surface area contributed by atoms with Gasteiger partial charge in [-0.25, -0.2) is 0 Å². The highest BCUT2D eigenvalue weighted by atomic mass is 16.6. The van der Waals surface area contributed by atoms with Gasteiger partial charge >= 0.3 is 0 Å². The van der Waals surface area contributed by atoms with E-state index in [9.17, 15) is 25.0 Å². The molecule has 11 nitrogen and oxygen atoms in total. The highest BCUT2D eigenvalue weighted by Crippen LogP contribution is 2.30. The average molecular weight is 419 g/mol. The fourth-order valence-electron chi connectivity index (χ4n) is 2.61. The standard InChI is InChI=1S/C19H21N3O8/c1-12(13-4-5-17(18(10-13)29-3)30-7-6-28-2)20-19(23)14-8-15(21(24)25)11-16(9-14)22(26)27/h4-5,8-12H,6-7H2,1-3H3,(H,20,23). The minimum Gasteiger partial charge on any atom is -0.493 e. The predicted octanol–water partition coefficient (Wildman–Crippen LogP) is 3.03. The molecule has 0 heterocycles. The first-order valence-electron chi connectivity index (χ1n) is 8.81. The molecule has 11 heteroatoms. The second kappa shape index (κ2) is 10.2. The average Bonchev–Trinajstić information content (AvgIpc) is 2.73. The van der Waals surface area contributed by atoms with E-state index in [0.29, 0.717) is 30.3 Å². The Labute approximate surface area is 171 Å². The summed E-state index contributed by atoms with van der Waals surface area (Å²) >= 11 is 0. The summed E-state index contributed by atoms with van der Waals surface area (Å²) in [5.41, 5.74) is -0.587. The highest BCUT2D eigenvalue weighted by molar-refractivity contribution is 5.95. The third-order valence-electron chi connectivity index (χ3n) is 4.17. The molecule has 160 valence electrons. The highest BCUT2D eigenvalue weighted by Gasteiger charge is 2.21. The molecule has 2 aromatic rings. The van der Waals surface area contributed by atoms with Gasteiger partial charge in [-0.15, -0.1) is 0 Å². The van der Waals surface area contributed by atoms with Gasteiger partial charge in [-0.1, -0.05) is 6.07 Å². The molecule has 0 saturated heterocycles. The van der Waals surface area contributed by atoms with Gasteiger partial charge in [-0.05, 0) is 24.6 Å². The van der Waals surface area contributed by atoms with Crippen LogP contribution < -0.4 is 14.8 Å². The van der Waals surface area contributed by atoms with Crippen LogP contribution in [0, 0.1) is 20.2 Å². The van der Waals surface area contributed by atoms with Crippen molar-refractivity contribution >= 4 is 17.3 Å². The van der Waals surface area contributed by atoms with E-state index in [1.807, 2.05) is 0 Å². The largest absolute Gasteiger partial charge is 0.493 e. The molecule has 0 saturated carbocycles. The van der Waals surface area contributed by atoms with Crippen molar-refractivity contribution in [3.63, 3.8) is 0 Å². The van der Waals surface area contributed by atoms with Gasteiger partial charge in [0.25, 0.3) is 17.3 Å². The smallest absolute Gasteiger partial charge is 0.277 e. The topological polar surface area (TPSA) is 143 Å². The molecule has 2 rings (SSSR count). The van der Waals surface area contributed by atoms with Crippen LogP contribution in [0.3, 0.4) is 0 Å². The molecule has 0 aliphatic rings. The summed E-state index contributed by atoms with van der Waals surface area (Å²) in [6, 6.07) is 7.36. The molecule has 0 fully saturated rings. The molecule has 0 aliphatic heterocycles. The van der Waals surface area contributed by atoms with Crippen LogP contribution in [0.15, 0.2) is 36.4 Å². The Kier molecular flexibility index (Phi) is 7.64. The van der Waals surface area contributed by atoms with E-state index in [2.05, 4.69) is 5.32 Å². The summed E-state index contributed by atoms with van der Waals surface area (Å²) in [4.78, 5) is 33.0. The van der Waals surface area contributed by atoms with Crippen LogP contribution in [0.2, 0.25) is 0 Å². The third kappa shape index (κ3) is 5.64. The minimum absolute atomic E-state index is 0.186. The quantitative estimate of drug-likeness (QED) is 0.352. The van der Waals surface area contributed by atoms with E-state index in [-0.39, 0.29) is 5.56 Å². The number of carbonyl (C=O) groups excluding carboxylic acids is 1. The molecule has 1 unspecified atom stereocenters. The lowest BCUT2D eigenvalue weighted by atomic mass is 10.1. The van der Waals surface area contributed by atoms with Gasteiger partial charge in [0.05, 0.1) is 41.2 Å². The van der Waals surface area contributed by atoms with Crippen LogP contribution in [0.5, 0.6) is 11.5 Å². The van der Waals surface area contributed by atoms with Crippen LogP contribution in [-0.2, 0) is 4.74 Å². The number of nitrogens with one attached hydrogen (secondary N) is 1. The number of rotatable bonds is 10. The fraction of sp³-hybridized carbons (Fsp3) is 0.316. The first-order valence-corrected chi connectivity index (χ1v) is 8.81. The van der Waals surface area contributed by atoms with E-state index in [0.717, 1.165) is 18.2 Å². The number of ether oxygens (including phenoxy) is 3. The molecule has 0 aromatic heterocycles. The van der Waals surface area contributed by atoms with Crippen LogP contribution >= 0.6 is 0 Å². The van der Waals surface area contributed by atoms with Gasteiger partial charge in [0.2, 0.25) is 0 Å². The summed E-state index contributed by atoms with van der Waals surface area (Å²) in [5, 5.41) is 24.7. The number of nitro benzene ring substituents is 2. The summed E-state index contributed by atoms with van der Waals surface area (Å²) in [6.07, 6.45) is 0. The van der Waals surface area contributed by atoms with Crippen LogP contribution in [-0.4, -0.2) is 43.2 Å². The van der Waals surface area contributed by atoms with E-state index in [4.69, 9.17) is 14.2 Å². The number of non-ortho nitro benzene ring substituents is 2. The lowest BCUT2D eigenvalue weighted by Gasteiger charge is -2.17. The van der Waals surface area contributed by atoms with E-state index in [1.165, 1.54) is 7.11 Å². The molecular weight excluding hydrogens is 398 g/mol. The van der Waals surface area contributed by atoms with Crippen molar-refractivity contribution in [2.75, 3.05) is 27.4 Å². The Morgan fingerprint density at radius 3 is 2.17 bits per heavy atom. The Balaban J connectivity index is 2.21. The van der Waals surface area contributed by atoms with Gasteiger partial charge in [-0.3, -0.25) is 25.0 Å². The lowest BCUT2D eigenvalue weighted by molar-refractivity contribution is -0.394. The Morgan fingerprint density at radius 1 is 1.00 bits per heavy atom. The Morgan fingerprint density at radius 2 is 1.63 bits per heavy atom. The maximum atomic E-state index is 12.5. The number of hydrogen-bond donors (Lipinski definition) is 1. The molecule has 1 N–H and O–H groups in total. The van der Waals surface area contributed by atoms with Crippen molar-refractivity contribution in [2.24, 2.45) is 0 Å². The fourth-order valence-corrected chi connectivity index (χ4v) is 2.61. The SMILES string of the molecule is COCCOc1ccc(C(C)NC(=O)c2cc([N+](=O)[O-])cc([N+](=O)[O-])c2)cc1OC. The van der Waals surface area contributed by atoms with Crippen molar-refractivity contribution < 1.29 is 28.9 Å². The maximum absolute atomic E-state index is 12.5. The normalized spacial score (nSPS) is 11.4. The van der Waals surface area contributed by atoms with E-state index < -0.39 is 33.2 Å². The number of hydrogen-bond acceptors (Lipinski definition) is 8. The number of amides is 1. The summed E-state index contributed by atoms with van der Waals surface area (Å²) in [5.74, 6) is 0.274. The van der Waals surface area contributed by atoms with Crippen LogP contribution in [0.4, 0.5) is 11.4 Å². The number of nitrogens with zero attached hydrogens (tertiary/aromatic N) is 2. The molecule has 2 aromatic carbocycles. The molecule has 0 radical (unpaired) electrons. The van der Waals surface area contributed by atoms with Gasteiger partial charge < -0.3 is 19.5 Å². The minimum atomic E-state index is -0.791. The molecule has 1 atom stereocenters. The van der Waals surface area contributed by atoms with Crippen molar-refractivity contribution in [1.82, 2.24) is 5.32 Å². The van der Waals surface area contributed by atoms with Crippen molar-refractivity contribution in [3.8, 4) is 11.5 Å². The van der Waals surface area contributed by atoms with Crippen molar-refractivity contribution in [2.45, 2.75) is 13.0 Å². The first-order chi connectivity index (χ1) is 14.3. The molecule has 0 bridgehead atoms. The Hall–Kier alpha value is -3.73. The zero-order valence-electron chi connectivity index (χ0n) is 16.6. The second-order valence-corrected chi connectivity index (χ2v) is 6.20. The van der Waals surface area contributed by atoms with Gasteiger partial charge in [0.15, 0.2) is 11.5 Å². The van der Waals surface area contributed by atoms with Crippen LogP contribution in [0.1, 0.15) is 28.9 Å². The maximum Gasteiger partial charge on any atom is 0.277 e. The Bertz CT molecular complexity index is 915. The first kappa shape index (κ1) is 22.6. The monoisotopic (exact) mass is 419 g/mol.